The number of hydrogen-bond donors (Lipinski definition) is 1. The maximum absolute atomic E-state index is 12.2. The SMILES string of the molecule is O=C(OCc1ccccc1)[C@@H](NOC(=O)C(F)(F)F)c1ccccc1. The van der Waals surface area contributed by atoms with E-state index < -0.39 is 24.2 Å². The molecule has 1 N–H and O–H groups in total. The van der Waals surface area contributed by atoms with E-state index in [1.165, 1.54) is 12.1 Å². The number of alkyl halides is 3. The van der Waals surface area contributed by atoms with Gasteiger partial charge in [0, 0.05) is 0 Å². The highest BCUT2D eigenvalue weighted by Gasteiger charge is 2.42. The molecule has 0 unspecified atom stereocenters. The fraction of sp³-hybridized carbons (Fsp3) is 0.176. The first-order valence-electron chi connectivity index (χ1n) is 7.17. The molecule has 0 bridgehead atoms. The van der Waals surface area contributed by atoms with Crippen LogP contribution in [-0.4, -0.2) is 18.1 Å². The highest BCUT2D eigenvalue weighted by Crippen LogP contribution is 2.19. The Morgan fingerprint density at radius 1 is 0.960 bits per heavy atom. The molecule has 0 fully saturated rings. The van der Waals surface area contributed by atoms with E-state index in [1.807, 2.05) is 5.48 Å². The van der Waals surface area contributed by atoms with Gasteiger partial charge in [-0.2, -0.15) is 13.2 Å². The van der Waals surface area contributed by atoms with Crippen LogP contribution < -0.4 is 5.48 Å². The number of halogens is 3. The van der Waals surface area contributed by atoms with Crippen molar-refractivity contribution in [2.24, 2.45) is 0 Å². The molecule has 0 radical (unpaired) electrons. The van der Waals surface area contributed by atoms with Crippen LogP contribution in [0.4, 0.5) is 13.2 Å². The van der Waals surface area contributed by atoms with E-state index in [4.69, 9.17) is 4.74 Å². The molecule has 2 aromatic carbocycles. The Hall–Kier alpha value is -2.87. The average molecular weight is 353 g/mol. The van der Waals surface area contributed by atoms with Gasteiger partial charge in [0.1, 0.15) is 6.61 Å². The summed E-state index contributed by atoms with van der Waals surface area (Å²) >= 11 is 0. The highest BCUT2D eigenvalue weighted by atomic mass is 19.4. The molecule has 0 saturated heterocycles. The standard InChI is InChI=1S/C17H14F3NO4/c18-17(19,20)16(23)25-21-14(13-9-5-2-6-10-13)15(22)24-11-12-7-3-1-4-8-12/h1-10,14,21H,11H2/t14-/m0/s1. The summed E-state index contributed by atoms with van der Waals surface area (Å²) in [5, 5.41) is 0. The monoisotopic (exact) mass is 353 g/mol. The molecular weight excluding hydrogens is 339 g/mol. The van der Waals surface area contributed by atoms with Gasteiger partial charge in [-0.05, 0) is 11.1 Å². The lowest BCUT2D eigenvalue weighted by Crippen LogP contribution is -2.37. The van der Waals surface area contributed by atoms with Gasteiger partial charge < -0.3 is 9.57 Å². The highest BCUT2D eigenvalue weighted by molar-refractivity contribution is 5.79. The van der Waals surface area contributed by atoms with Crippen LogP contribution in [0, 0.1) is 0 Å². The molecule has 2 aromatic rings. The van der Waals surface area contributed by atoms with Gasteiger partial charge in [0.25, 0.3) is 0 Å². The number of hydroxylamine groups is 1. The van der Waals surface area contributed by atoms with Crippen LogP contribution >= 0.6 is 0 Å². The van der Waals surface area contributed by atoms with Crippen molar-refractivity contribution in [2.45, 2.75) is 18.8 Å². The van der Waals surface area contributed by atoms with E-state index in [0.29, 0.717) is 5.56 Å². The first-order valence-corrected chi connectivity index (χ1v) is 7.17. The normalized spacial score (nSPS) is 12.3. The smallest absolute Gasteiger partial charge is 0.459 e. The maximum atomic E-state index is 12.2. The summed E-state index contributed by atoms with van der Waals surface area (Å²) in [6.07, 6.45) is -5.18. The molecule has 25 heavy (non-hydrogen) atoms. The molecule has 0 amide bonds. The number of benzene rings is 2. The maximum Gasteiger partial charge on any atom is 0.492 e. The minimum atomic E-state index is -5.18. The van der Waals surface area contributed by atoms with Gasteiger partial charge in [0.2, 0.25) is 0 Å². The van der Waals surface area contributed by atoms with Gasteiger partial charge in [-0.1, -0.05) is 60.7 Å². The summed E-state index contributed by atoms with van der Waals surface area (Å²) < 4.78 is 41.8. The van der Waals surface area contributed by atoms with E-state index in [0.717, 1.165) is 0 Å². The van der Waals surface area contributed by atoms with Crippen molar-refractivity contribution in [3.8, 4) is 0 Å². The summed E-state index contributed by atoms with van der Waals surface area (Å²) in [7, 11) is 0. The molecule has 0 aliphatic rings. The average Bonchev–Trinajstić information content (AvgIpc) is 2.61. The lowest BCUT2D eigenvalue weighted by molar-refractivity contribution is -0.209. The van der Waals surface area contributed by atoms with E-state index in [9.17, 15) is 22.8 Å². The van der Waals surface area contributed by atoms with Gasteiger partial charge in [-0.25, -0.2) is 9.59 Å². The number of esters is 1. The van der Waals surface area contributed by atoms with Crippen LogP contribution in [0.25, 0.3) is 0 Å². The van der Waals surface area contributed by atoms with E-state index in [2.05, 4.69) is 4.84 Å². The summed E-state index contributed by atoms with van der Waals surface area (Å²) in [6, 6.07) is 15.2. The van der Waals surface area contributed by atoms with E-state index in [-0.39, 0.29) is 12.2 Å². The Morgan fingerprint density at radius 2 is 1.52 bits per heavy atom. The number of carbonyl (C=O) groups is 2. The largest absolute Gasteiger partial charge is 0.492 e. The third-order valence-corrected chi connectivity index (χ3v) is 3.09. The number of nitrogens with one attached hydrogen (secondary N) is 1. The number of hydrogen-bond acceptors (Lipinski definition) is 5. The van der Waals surface area contributed by atoms with Crippen LogP contribution in [0.5, 0.6) is 0 Å². The van der Waals surface area contributed by atoms with Gasteiger partial charge in [0.05, 0.1) is 0 Å². The molecule has 5 nitrogen and oxygen atoms in total. The zero-order chi connectivity index (χ0) is 18.3. The van der Waals surface area contributed by atoms with Gasteiger partial charge in [-0.15, -0.1) is 5.48 Å². The minimum Gasteiger partial charge on any atom is -0.459 e. The Morgan fingerprint density at radius 3 is 2.08 bits per heavy atom. The number of rotatable bonds is 6. The first kappa shape index (κ1) is 18.5. The van der Waals surface area contributed by atoms with E-state index in [1.54, 1.807) is 48.5 Å². The third kappa shape index (κ3) is 5.61. The number of ether oxygens (including phenoxy) is 1. The lowest BCUT2D eigenvalue weighted by Gasteiger charge is -2.18. The second kappa shape index (κ2) is 8.29. The van der Waals surface area contributed by atoms with Crippen LogP contribution in [-0.2, 0) is 25.8 Å². The fourth-order valence-corrected chi connectivity index (χ4v) is 1.88. The molecule has 0 aliphatic heterocycles. The molecule has 2 rings (SSSR count). The molecule has 132 valence electrons. The molecule has 0 aromatic heterocycles. The molecular formula is C17H14F3NO4. The topological polar surface area (TPSA) is 64.6 Å². The van der Waals surface area contributed by atoms with Gasteiger partial charge in [0.15, 0.2) is 6.04 Å². The van der Waals surface area contributed by atoms with Crippen molar-refractivity contribution in [2.75, 3.05) is 0 Å². The Labute approximate surface area is 141 Å². The summed E-state index contributed by atoms with van der Waals surface area (Å²) in [4.78, 5) is 27.0. The van der Waals surface area contributed by atoms with Crippen LogP contribution in [0.2, 0.25) is 0 Å². The number of carbonyl (C=O) groups excluding carboxylic acids is 2. The summed E-state index contributed by atoms with van der Waals surface area (Å²) in [6.45, 7) is -0.0715. The van der Waals surface area contributed by atoms with Crippen molar-refractivity contribution in [1.82, 2.24) is 5.48 Å². The zero-order valence-electron chi connectivity index (χ0n) is 12.8. The molecule has 0 aliphatic carbocycles. The Balaban J connectivity index is 2.06. The quantitative estimate of drug-likeness (QED) is 0.639. The lowest BCUT2D eigenvalue weighted by atomic mass is 10.1. The fourth-order valence-electron chi connectivity index (χ4n) is 1.88. The van der Waals surface area contributed by atoms with Crippen molar-refractivity contribution in [3.63, 3.8) is 0 Å². The predicted molar refractivity (Wildman–Crippen MR) is 80.7 cm³/mol. The zero-order valence-corrected chi connectivity index (χ0v) is 12.8. The molecule has 0 heterocycles. The Bertz CT molecular complexity index is 705. The molecule has 0 saturated carbocycles. The van der Waals surface area contributed by atoms with Crippen molar-refractivity contribution in [3.05, 3.63) is 71.8 Å². The van der Waals surface area contributed by atoms with Crippen LogP contribution in [0.15, 0.2) is 60.7 Å². The van der Waals surface area contributed by atoms with Gasteiger partial charge in [-0.3, -0.25) is 0 Å². The van der Waals surface area contributed by atoms with Gasteiger partial charge >= 0.3 is 18.1 Å². The molecule has 8 heteroatoms. The predicted octanol–water partition coefficient (Wildman–Crippen LogP) is 3.08. The summed E-state index contributed by atoms with van der Waals surface area (Å²) in [5.41, 5.74) is 2.83. The van der Waals surface area contributed by atoms with Crippen molar-refractivity contribution >= 4 is 11.9 Å². The Kier molecular flexibility index (Phi) is 6.13. The van der Waals surface area contributed by atoms with Crippen molar-refractivity contribution < 1.29 is 32.3 Å². The van der Waals surface area contributed by atoms with Crippen molar-refractivity contribution in [1.29, 1.82) is 0 Å². The minimum absolute atomic E-state index is 0.0715. The van der Waals surface area contributed by atoms with Crippen LogP contribution in [0.1, 0.15) is 17.2 Å². The molecule has 0 spiro atoms. The summed E-state index contributed by atoms with van der Waals surface area (Å²) in [5.74, 6) is -3.34. The van der Waals surface area contributed by atoms with Crippen LogP contribution in [0.3, 0.4) is 0 Å². The second-order valence-corrected chi connectivity index (χ2v) is 4.94. The third-order valence-electron chi connectivity index (χ3n) is 3.09. The van der Waals surface area contributed by atoms with E-state index >= 15 is 0 Å². The second-order valence-electron chi connectivity index (χ2n) is 4.94. The first-order chi connectivity index (χ1) is 11.9. The molecule has 1 atom stereocenters.